The van der Waals surface area contributed by atoms with E-state index in [1.807, 2.05) is 5.38 Å². The monoisotopic (exact) mass is 326 g/mol. The average molecular weight is 326 g/mol. The summed E-state index contributed by atoms with van der Waals surface area (Å²) in [5.74, 6) is 0.627. The van der Waals surface area contributed by atoms with Crippen LogP contribution in [0.2, 0.25) is 0 Å². The predicted molar refractivity (Wildman–Crippen MR) is 78.3 cm³/mol. The molecule has 0 amide bonds. The molecule has 6 nitrogen and oxygen atoms in total. The van der Waals surface area contributed by atoms with Crippen LogP contribution in [-0.4, -0.2) is 44.0 Å². The van der Waals surface area contributed by atoms with Gasteiger partial charge in [0, 0.05) is 11.6 Å². The van der Waals surface area contributed by atoms with Crippen molar-refractivity contribution in [2.24, 2.45) is 0 Å². The first kappa shape index (κ1) is 14.3. The minimum atomic E-state index is -3.46. The van der Waals surface area contributed by atoms with E-state index in [1.165, 1.54) is 15.6 Å². The van der Waals surface area contributed by atoms with Gasteiger partial charge in [-0.15, -0.1) is 0 Å². The number of thiazole rings is 1. The molecule has 2 heterocycles. The number of sulfonamides is 1. The van der Waals surface area contributed by atoms with E-state index >= 15 is 0 Å². The molecule has 0 radical (unpaired) electrons. The number of hydrogen-bond donors (Lipinski definition) is 0. The van der Waals surface area contributed by atoms with Crippen LogP contribution in [-0.2, 0) is 10.0 Å². The number of aromatic nitrogens is 1. The lowest BCUT2D eigenvalue weighted by Gasteiger charge is -2.37. The molecule has 0 aliphatic carbocycles. The van der Waals surface area contributed by atoms with Crippen LogP contribution in [0.15, 0.2) is 40.7 Å². The predicted octanol–water partition coefficient (Wildman–Crippen LogP) is 1.60. The lowest BCUT2D eigenvalue weighted by atomic mass is 10.2. The molecule has 8 heteroatoms. The SMILES string of the molecule is COc1ccc(S(=O)(=O)N2CC(Oc3nccs3)C2)cc1. The molecule has 1 aliphatic heterocycles. The van der Waals surface area contributed by atoms with Gasteiger partial charge in [0.05, 0.1) is 25.1 Å². The molecular weight excluding hydrogens is 312 g/mol. The summed E-state index contributed by atoms with van der Waals surface area (Å²) in [5.41, 5.74) is 0. The second-order valence-electron chi connectivity index (χ2n) is 4.54. The van der Waals surface area contributed by atoms with E-state index < -0.39 is 10.0 Å². The number of ether oxygens (including phenoxy) is 2. The Labute approximate surface area is 127 Å². The summed E-state index contributed by atoms with van der Waals surface area (Å²) < 4.78 is 36.7. The summed E-state index contributed by atoms with van der Waals surface area (Å²) in [5, 5.41) is 2.39. The molecule has 1 saturated heterocycles. The van der Waals surface area contributed by atoms with Crippen LogP contribution in [0.1, 0.15) is 0 Å². The number of rotatable bonds is 5. The Balaban J connectivity index is 1.64. The van der Waals surface area contributed by atoms with Crippen LogP contribution < -0.4 is 9.47 Å². The summed E-state index contributed by atoms with van der Waals surface area (Å²) in [4.78, 5) is 4.28. The fourth-order valence-corrected chi connectivity index (χ4v) is 4.03. The van der Waals surface area contributed by atoms with E-state index in [0.29, 0.717) is 24.0 Å². The third-order valence-corrected chi connectivity index (χ3v) is 5.70. The van der Waals surface area contributed by atoms with Crippen LogP contribution >= 0.6 is 11.3 Å². The Morgan fingerprint density at radius 2 is 2.00 bits per heavy atom. The van der Waals surface area contributed by atoms with Crippen molar-refractivity contribution in [2.75, 3.05) is 20.2 Å². The Morgan fingerprint density at radius 3 is 2.57 bits per heavy atom. The third-order valence-electron chi connectivity index (χ3n) is 3.19. The van der Waals surface area contributed by atoms with Crippen LogP contribution in [0, 0.1) is 0 Å². The summed E-state index contributed by atoms with van der Waals surface area (Å²) in [7, 11) is -1.92. The Hall–Kier alpha value is -1.64. The van der Waals surface area contributed by atoms with E-state index in [2.05, 4.69) is 4.98 Å². The van der Waals surface area contributed by atoms with Gasteiger partial charge < -0.3 is 9.47 Å². The summed E-state index contributed by atoms with van der Waals surface area (Å²) >= 11 is 1.39. The highest BCUT2D eigenvalue weighted by atomic mass is 32.2. The maximum Gasteiger partial charge on any atom is 0.273 e. The maximum absolute atomic E-state index is 12.4. The molecule has 0 N–H and O–H groups in total. The van der Waals surface area contributed by atoms with Crippen molar-refractivity contribution in [1.82, 2.24) is 9.29 Å². The van der Waals surface area contributed by atoms with Gasteiger partial charge in [0.2, 0.25) is 10.0 Å². The quantitative estimate of drug-likeness (QED) is 0.835. The standard InChI is InChI=1S/C13H14N2O4S2/c1-18-10-2-4-12(5-3-10)21(16,17)15-8-11(9-15)19-13-14-6-7-20-13/h2-7,11H,8-9H2,1H3. The third kappa shape index (κ3) is 2.87. The van der Waals surface area contributed by atoms with Crippen LogP contribution in [0.25, 0.3) is 0 Å². The lowest BCUT2D eigenvalue weighted by Crippen LogP contribution is -2.55. The van der Waals surface area contributed by atoms with Crippen molar-refractivity contribution >= 4 is 21.4 Å². The van der Waals surface area contributed by atoms with Crippen molar-refractivity contribution in [3.63, 3.8) is 0 Å². The van der Waals surface area contributed by atoms with E-state index in [4.69, 9.17) is 9.47 Å². The fourth-order valence-electron chi connectivity index (χ4n) is 1.98. The van der Waals surface area contributed by atoms with Crippen molar-refractivity contribution in [2.45, 2.75) is 11.0 Å². The second kappa shape index (κ2) is 5.63. The smallest absolute Gasteiger partial charge is 0.273 e. The van der Waals surface area contributed by atoms with Crippen molar-refractivity contribution in [1.29, 1.82) is 0 Å². The highest BCUT2D eigenvalue weighted by molar-refractivity contribution is 7.89. The topological polar surface area (TPSA) is 68.7 Å². The second-order valence-corrected chi connectivity index (χ2v) is 7.33. The zero-order chi connectivity index (χ0) is 14.9. The molecule has 0 atom stereocenters. The highest BCUT2D eigenvalue weighted by Crippen LogP contribution is 2.26. The Bertz CT molecular complexity index is 692. The Kier molecular flexibility index (Phi) is 3.83. The summed E-state index contributed by atoms with van der Waals surface area (Å²) in [6, 6.07) is 6.36. The molecule has 21 heavy (non-hydrogen) atoms. The average Bonchev–Trinajstić information content (AvgIpc) is 2.95. The van der Waals surface area contributed by atoms with E-state index in [0.717, 1.165) is 0 Å². The van der Waals surface area contributed by atoms with E-state index in [1.54, 1.807) is 37.6 Å². The number of methoxy groups -OCH3 is 1. The maximum atomic E-state index is 12.4. The van der Waals surface area contributed by atoms with Gasteiger partial charge in [-0.1, -0.05) is 11.3 Å². The molecule has 0 spiro atoms. The van der Waals surface area contributed by atoms with Gasteiger partial charge in [-0.3, -0.25) is 0 Å². The molecular formula is C13H14N2O4S2. The number of hydrogen-bond acceptors (Lipinski definition) is 6. The number of benzene rings is 1. The molecule has 0 bridgehead atoms. The molecule has 1 aromatic carbocycles. The fraction of sp³-hybridized carbons (Fsp3) is 0.308. The van der Waals surface area contributed by atoms with Crippen LogP contribution in [0.5, 0.6) is 10.9 Å². The lowest BCUT2D eigenvalue weighted by molar-refractivity contribution is 0.0759. The van der Waals surface area contributed by atoms with E-state index in [9.17, 15) is 8.42 Å². The van der Waals surface area contributed by atoms with Crippen LogP contribution in [0.4, 0.5) is 0 Å². The van der Waals surface area contributed by atoms with E-state index in [-0.39, 0.29) is 11.0 Å². The minimum absolute atomic E-state index is 0.135. The molecule has 0 saturated carbocycles. The molecule has 0 unspecified atom stereocenters. The first-order chi connectivity index (χ1) is 10.1. The van der Waals surface area contributed by atoms with Gasteiger partial charge in [-0.2, -0.15) is 4.31 Å². The summed E-state index contributed by atoms with van der Waals surface area (Å²) in [6.07, 6.45) is 1.52. The molecule has 1 aliphatic rings. The summed E-state index contributed by atoms with van der Waals surface area (Å²) in [6.45, 7) is 0.682. The zero-order valence-electron chi connectivity index (χ0n) is 11.3. The normalized spacial score (nSPS) is 16.4. The molecule has 1 aromatic heterocycles. The molecule has 2 aromatic rings. The minimum Gasteiger partial charge on any atom is -0.497 e. The molecule has 3 rings (SSSR count). The molecule has 1 fully saturated rings. The Morgan fingerprint density at radius 1 is 1.29 bits per heavy atom. The van der Waals surface area contributed by atoms with Crippen molar-refractivity contribution in [3.05, 3.63) is 35.8 Å². The van der Waals surface area contributed by atoms with Crippen LogP contribution in [0.3, 0.4) is 0 Å². The van der Waals surface area contributed by atoms with Gasteiger partial charge in [-0.05, 0) is 24.3 Å². The first-order valence-electron chi connectivity index (χ1n) is 6.30. The highest BCUT2D eigenvalue weighted by Gasteiger charge is 2.38. The molecule has 112 valence electrons. The van der Waals surface area contributed by atoms with Crippen molar-refractivity contribution < 1.29 is 17.9 Å². The van der Waals surface area contributed by atoms with Gasteiger partial charge in [0.25, 0.3) is 5.19 Å². The van der Waals surface area contributed by atoms with Crippen molar-refractivity contribution in [3.8, 4) is 10.9 Å². The van der Waals surface area contributed by atoms with Gasteiger partial charge >= 0.3 is 0 Å². The zero-order valence-corrected chi connectivity index (χ0v) is 12.9. The first-order valence-corrected chi connectivity index (χ1v) is 8.62. The van der Waals surface area contributed by atoms with Gasteiger partial charge in [-0.25, -0.2) is 13.4 Å². The van der Waals surface area contributed by atoms with Gasteiger partial charge in [0.15, 0.2) is 0 Å². The largest absolute Gasteiger partial charge is 0.497 e. The van der Waals surface area contributed by atoms with Gasteiger partial charge in [0.1, 0.15) is 11.9 Å². The number of nitrogens with zero attached hydrogens (tertiary/aromatic N) is 2.